The number of aromatic nitrogens is 2. The van der Waals surface area contributed by atoms with Crippen molar-refractivity contribution >= 4 is 51.3 Å². The number of anilines is 1. The maximum atomic E-state index is 12.9. The normalized spacial score (nSPS) is 21.0. The summed E-state index contributed by atoms with van der Waals surface area (Å²) in [5, 5.41) is 11.0. The van der Waals surface area contributed by atoms with Gasteiger partial charge < -0.3 is 0 Å². The summed E-state index contributed by atoms with van der Waals surface area (Å²) in [4.78, 5) is 28.4. The van der Waals surface area contributed by atoms with Crippen molar-refractivity contribution in [3.05, 3.63) is 33.7 Å². The molecule has 1 amide bonds. The van der Waals surface area contributed by atoms with E-state index in [4.69, 9.17) is 0 Å². The lowest BCUT2D eigenvalue weighted by Crippen LogP contribution is -2.40. The molecule has 1 aliphatic carbocycles. The van der Waals surface area contributed by atoms with E-state index in [1.807, 2.05) is 17.5 Å². The van der Waals surface area contributed by atoms with Gasteiger partial charge in [-0.25, -0.2) is 0 Å². The molecule has 2 aromatic heterocycles. The lowest BCUT2D eigenvalue weighted by atomic mass is 9.80. The standard InChI is InChI=1S/C17H17N3O2S3/c1-2-23-17-19-18-16(25-17)20-11-5-3-6-12(21)15(11)10(9-14(20)22)13-7-4-8-24-13/h4,7-8,10H,2-3,5-6,9H2,1H3. The van der Waals surface area contributed by atoms with E-state index in [-0.39, 0.29) is 17.6 Å². The van der Waals surface area contributed by atoms with Crippen molar-refractivity contribution < 1.29 is 9.59 Å². The molecule has 0 saturated heterocycles. The summed E-state index contributed by atoms with van der Waals surface area (Å²) < 4.78 is 0.856. The maximum Gasteiger partial charge on any atom is 0.234 e. The summed E-state index contributed by atoms with van der Waals surface area (Å²) in [7, 11) is 0. The number of allylic oxidation sites excluding steroid dienone is 2. The van der Waals surface area contributed by atoms with Crippen molar-refractivity contribution in [3.63, 3.8) is 0 Å². The second kappa shape index (κ2) is 7.01. The SMILES string of the molecule is CCSc1nnc(N2C(=O)CC(c3cccs3)C3=C2CCCC3=O)s1. The van der Waals surface area contributed by atoms with Gasteiger partial charge >= 0.3 is 0 Å². The highest BCUT2D eigenvalue weighted by Crippen LogP contribution is 2.45. The fraction of sp³-hybridized carbons (Fsp3) is 0.412. The maximum absolute atomic E-state index is 12.9. The smallest absolute Gasteiger partial charge is 0.234 e. The zero-order valence-electron chi connectivity index (χ0n) is 13.7. The summed E-state index contributed by atoms with van der Waals surface area (Å²) in [6.45, 7) is 2.06. The molecule has 130 valence electrons. The predicted octanol–water partition coefficient (Wildman–Crippen LogP) is 4.24. The Kier molecular flexibility index (Phi) is 4.75. The third-order valence-electron chi connectivity index (χ3n) is 4.42. The minimum Gasteiger partial charge on any atom is -0.294 e. The largest absolute Gasteiger partial charge is 0.294 e. The summed E-state index contributed by atoms with van der Waals surface area (Å²) in [5.74, 6) is 0.986. The Balaban J connectivity index is 1.79. The molecule has 0 saturated carbocycles. The first-order chi connectivity index (χ1) is 12.2. The second-order valence-electron chi connectivity index (χ2n) is 5.92. The predicted molar refractivity (Wildman–Crippen MR) is 101 cm³/mol. The first kappa shape index (κ1) is 16.9. The average molecular weight is 392 g/mol. The molecule has 4 rings (SSSR count). The highest BCUT2D eigenvalue weighted by Gasteiger charge is 2.41. The quantitative estimate of drug-likeness (QED) is 0.576. The molecule has 0 radical (unpaired) electrons. The van der Waals surface area contributed by atoms with Crippen LogP contribution >= 0.6 is 34.4 Å². The number of Topliss-reactive ketones (excluding diaryl/α,β-unsaturated/α-hetero) is 1. The van der Waals surface area contributed by atoms with Crippen LogP contribution in [0.3, 0.4) is 0 Å². The third kappa shape index (κ3) is 3.07. The monoisotopic (exact) mass is 391 g/mol. The summed E-state index contributed by atoms with van der Waals surface area (Å²) >= 11 is 4.65. The second-order valence-corrected chi connectivity index (χ2v) is 9.37. The van der Waals surface area contributed by atoms with Gasteiger partial charge in [0.05, 0.1) is 0 Å². The van der Waals surface area contributed by atoms with Gasteiger partial charge in [-0.2, -0.15) is 0 Å². The van der Waals surface area contributed by atoms with E-state index in [2.05, 4.69) is 17.1 Å². The van der Waals surface area contributed by atoms with Gasteiger partial charge in [0.1, 0.15) is 0 Å². The number of rotatable bonds is 4. The lowest BCUT2D eigenvalue weighted by Gasteiger charge is -2.36. The van der Waals surface area contributed by atoms with Crippen LogP contribution in [0.1, 0.15) is 43.4 Å². The van der Waals surface area contributed by atoms with Gasteiger partial charge in [0.2, 0.25) is 11.0 Å². The third-order valence-corrected chi connectivity index (χ3v) is 7.33. The molecule has 1 unspecified atom stereocenters. The van der Waals surface area contributed by atoms with Crippen molar-refractivity contribution in [2.75, 3.05) is 10.7 Å². The van der Waals surface area contributed by atoms with E-state index in [9.17, 15) is 9.59 Å². The van der Waals surface area contributed by atoms with Crippen LogP contribution in [0.15, 0.2) is 33.1 Å². The molecule has 3 heterocycles. The van der Waals surface area contributed by atoms with Gasteiger partial charge in [0, 0.05) is 34.9 Å². The van der Waals surface area contributed by atoms with Crippen LogP contribution in [0.4, 0.5) is 5.13 Å². The van der Waals surface area contributed by atoms with Crippen molar-refractivity contribution in [1.29, 1.82) is 0 Å². The van der Waals surface area contributed by atoms with Crippen LogP contribution in [-0.4, -0.2) is 27.6 Å². The molecular formula is C17H17N3O2S3. The molecule has 0 N–H and O–H groups in total. The number of amides is 1. The van der Waals surface area contributed by atoms with Crippen LogP contribution < -0.4 is 4.90 Å². The Hall–Kier alpha value is -1.51. The number of thioether (sulfide) groups is 1. The van der Waals surface area contributed by atoms with E-state index in [1.54, 1.807) is 28.0 Å². The molecule has 1 aliphatic heterocycles. The Bertz CT molecular complexity index is 841. The van der Waals surface area contributed by atoms with Crippen molar-refractivity contribution in [3.8, 4) is 0 Å². The number of hydrogen-bond donors (Lipinski definition) is 0. The van der Waals surface area contributed by atoms with E-state index in [1.165, 1.54) is 11.3 Å². The van der Waals surface area contributed by atoms with Crippen molar-refractivity contribution in [2.45, 2.75) is 42.9 Å². The fourth-order valence-corrected chi connectivity index (χ4v) is 6.04. The first-order valence-corrected chi connectivity index (χ1v) is 11.0. The minimum atomic E-state index is -0.107. The van der Waals surface area contributed by atoms with Gasteiger partial charge in [-0.1, -0.05) is 36.1 Å². The van der Waals surface area contributed by atoms with Crippen LogP contribution in [0.2, 0.25) is 0 Å². The highest BCUT2D eigenvalue weighted by molar-refractivity contribution is 8.01. The zero-order chi connectivity index (χ0) is 17.4. The number of carbonyl (C=O) groups excluding carboxylic acids is 2. The number of hydrogen-bond acceptors (Lipinski definition) is 7. The first-order valence-electron chi connectivity index (χ1n) is 8.28. The molecule has 8 heteroatoms. The van der Waals surface area contributed by atoms with Gasteiger partial charge in [-0.3, -0.25) is 14.5 Å². The van der Waals surface area contributed by atoms with Gasteiger partial charge in [0.15, 0.2) is 10.1 Å². The zero-order valence-corrected chi connectivity index (χ0v) is 16.2. The number of thiophene rings is 1. The molecule has 25 heavy (non-hydrogen) atoms. The summed E-state index contributed by atoms with van der Waals surface area (Å²) in [6, 6.07) is 4.00. The van der Waals surface area contributed by atoms with Crippen LogP contribution in [-0.2, 0) is 9.59 Å². The average Bonchev–Trinajstić information content (AvgIpc) is 3.26. The summed E-state index contributed by atoms with van der Waals surface area (Å²) in [6.07, 6.45) is 2.41. The topological polar surface area (TPSA) is 63.2 Å². The van der Waals surface area contributed by atoms with E-state index >= 15 is 0 Å². The van der Waals surface area contributed by atoms with Gasteiger partial charge in [-0.15, -0.1) is 21.5 Å². The minimum absolute atomic E-state index is 0.0102. The summed E-state index contributed by atoms with van der Waals surface area (Å²) in [5.41, 5.74) is 1.66. The molecule has 0 bridgehead atoms. The lowest BCUT2D eigenvalue weighted by molar-refractivity contribution is -0.119. The molecule has 0 fully saturated rings. The van der Waals surface area contributed by atoms with E-state index in [0.717, 1.165) is 39.1 Å². The molecule has 0 spiro atoms. The van der Waals surface area contributed by atoms with Crippen molar-refractivity contribution in [2.24, 2.45) is 0 Å². The van der Waals surface area contributed by atoms with E-state index in [0.29, 0.717) is 18.0 Å². The highest BCUT2D eigenvalue weighted by atomic mass is 32.2. The molecule has 2 aliphatic rings. The Morgan fingerprint density at radius 1 is 1.32 bits per heavy atom. The van der Waals surface area contributed by atoms with Gasteiger partial charge in [0.25, 0.3) is 0 Å². The van der Waals surface area contributed by atoms with Crippen LogP contribution in [0.5, 0.6) is 0 Å². The molecule has 5 nitrogen and oxygen atoms in total. The van der Waals surface area contributed by atoms with Crippen LogP contribution in [0.25, 0.3) is 0 Å². The van der Waals surface area contributed by atoms with E-state index < -0.39 is 0 Å². The Morgan fingerprint density at radius 3 is 2.96 bits per heavy atom. The molecule has 2 aromatic rings. The number of carbonyl (C=O) groups is 2. The Morgan fingerprint density at radius 2 is 2.20 bits per heavy atom. The molecular weight excluding hydrogens is 374 g/mol. The fourth-order valence-electron chi connectivity index (χ4n) is 3.42. The van der Waals surface area contributed by atoms with Crippen LogP contribution in [0, 0.1) is 0 Å². The number of nitrogens with zero attached hydrogens (tertiary/aromatic N) is 3. The van der Waals surface area contributed by atoms with Crippen molar-refractivity contribution in [1.82, 2.24) is 10.2 Å². The van der Waals surface area contributed by atoms with Gasteiger partial charge in [-0.05, 0) is 30.0 Å². The Labute approximate surface area is 158 Å². The number of ketones is 1. The molecule has 1 atom stereocenters. The molecule has 0 aromatic carbocycles.